The molecule has 0 aromatic heterocycles. The molecule has 1 N–H and O–H groups in total. The van der Waals surface area contributed by atoms with Crippen LogP contribution >= 0.6 is 0 Å². The van der Waals surface area contributed by atoms with Gasteiger partial charge in [0, 0.05) is 12.5 Å². The molecule has 3 heteroatoms. The molecule has 1 aromatic rings. The molecule has 3 nitrogen and oxygen atoms in total. The van der Waals surface area contributed by atoms with Crippen LogP contribution in [0.1, 0.15) is 17.5 Å². The number of hydrogen-bond acceptors (Lipinski definition) is 3. The average Bonchev–Trinajstić information content (AvgIpc) is 2.80. The largest absolute Gasteiger partial charge is 0.492 e. The first kappa shape index (κ1) is 11.0. The maximum absolute atomic E-state index is 8.99. The van der Waals surface area contributed by atoms with E-state index in [-0.39, 0.29) is 0 Å². The minimum Gasteiger partial charge on any atom is -0.492 e. The molecular weight excluding hydrogens is 200 g/mol. The number of ether oxygens (including phenoxy) is 1. The number of nitrogens with zero attached hydrogens (tertiary/aromatic N) is 1. The van der Waals surface area contributed by atoms with Gasteiger partial charge in [0.15, 0.2) is 0 Å². The minimum atomic E-state index is 0.577. The smallest absolute Gasteiger partial charge is 0.137 e. The highest BCUT2D eigenvalue weighted by Crippen LogP contribution is 2.20. The quantitative estimate of drug-likeness (QED) is 0.838. The second-order valence-corrected chi connectivity index (χ2v) is 4.28. The van der Waals surface area contributed by atoms with Gasteiger partial charge >= 0.3 is 0 Å². The summed E-state index contributed by atoms with van der Waals surface area (Å²) in [6.07, 6.45) is 1.16. The summed E-state index contributed by atoms with van der Waals surface area (Å²) in [6, 6.07) is 7.89. The van der Waals surface area contributed by atoms with Crippen molar-refractivity contribution in [3.8, 4) is 11.8 Å². The molecule has 1 heterocycles. The number of benzene rings is 1. The van der Waals surface area contributed by atoms with Crippen LogP contribution in [0.2, 0.25) is 0 Å². The Bertz CT molecular complexity index is 403. The zero-order valence-corrected chi connectivity index (χ0v) is 9.49. The van der Waals surface area contributed by atoms with Gasteiger partial charge in [-0.05, 0) is 37.6 Å². The van der Waals surface area contributed by atoms with E-state index in [2.05, 4.69) is 11.4 Å². The molecule has 1 atom stereocenters. The predicted octanol–water partition coefficient (Wildman–Crippen LogP) is 1.85. The summed E-state index contributed by atoms with van der Waals surface area (Å²) >= 11 is 0. The Morgan fingerprint density at radius 1 is 1.56 bits per heavy atom. The second-order valence-electron chi connectivity index (χ2n) is 4.28. The van der Waals surface area contributed by atoms with Gasteiger partial charge in [0.25, 0.3) is 0 Å². The molecule has 1 saturated heterocycles. The Morgan fingerprint density at radius 2 is 2.44 bits per heavy atom. The SMILES string of the molecule is Cc1ccc(OCC2CCNC2)c(C#N)c1. The molecule has 1 unspecified atom stereocenters. The molecule has 84 valence electrons. The van der Waals surface area contributed by atoms with Gasteiger partial charge in [-0.2, -0.15) is 5.26 Å². The molecule has 1 aliphatic rings. The summed E-state index contributed by atoms with van der Waals surface area (Å²) in [6.45, 7) is 4.77. The monoisotopic (exact) mass is 216 g/mol. The first-order valence-corrected chi connectivity index (χ1v) is 5.64. The van der Waals surface area contributed by atoms with Crippen LogP contribution < -0.4 is 10.1 Å². The van der Waals surface area contributed by atoms with Crippen molar-refractivity contribution in [2.24, 2.45) is 5.92 Å². The third-order valence-electron chi connectivity index (χ3n) is 2.89. The number of nitrogens with one attached hydrogen (secondary N) is 1. The lowest BCUT2D eigenvalue weighted by Crippen LogP contribution is -2.15. The maximum atomic E-state index is 8.99. The topological polar surface area (TPSA) is 45.0 Å². The maximum Gasteiger partial charge on any atom is 0.137 e. The van der Waals surface area contributed by atoms with E-state index >= 15 is 0 Å². The second kappa shape index (κ2) is 5.00. The fraction of sp³-hybridized carbons (Fsp3) is 0.462. The zero-order valence-electron chi connectivity index (χ0n) is 9.49. The van der Waals surface area contributed by atoms with Gasteiger partial charge in [0.1, 0.15) is 11.8 Å². The van der Waals surface area contributed by atoms with Crippen molar-refractivity contribution in [1.29, 1.82) is 5.26 Å². The van der Waals surface area contributed by atoms with Crippen molar-refractivity contribution in [3.05, 3.63) is 29.3 Å². The summed E-state index contributed by atoms with van der Waals surface area (Å²) in [5.41, 5.74) is 1.72. The lowest BCUT2D eigenvalue weighted by atomic mass is 10.1. The van der Waals surface area contributed by atoms with E-state index in [9.17, 15) is 0 Å². The normalized spacial score (nSPS) is 19.4. The van der Waals surface area contributed by atoms with Crippen molar-refractivity contribution >= 4 is 0 Å². The Morgan fingerprint density at radius 3 is 3.12 bits per heavy atom. The van der Waals surface area contributed by atoms with Gasteiger partial charge in [-0.1, -0.05) is 6.07 Å². The molecule has 0 spiro atoms. The summed E-state index contributed by atoms with van der Waals surface area (Å²) in [4.78, 5) is 0. The van der Waals surface area contributed by atoms with Crippen molar-refractivity contribution in [2.75, 3.05) is 19.7 Å². The van der Waals surface area contributed by atoms with E-state index in [1.165, 1.54) is 0 Å². The summed E-state index contributed by atoms with van der Waals surface area (Å²) in [7, 11) is 0. The standard InChI is InChI=1S/C13H16N2O/c1-10-2-3-13(12(6-10)7-14)16-9-11-4-5-15-8-11/h2-3,6,11,15H,4-5,8-9H2,1H3. The molecule has 0 bridgehead atoms. The van der Waals surface area contributed by atoms with Crippen LogP contribution in [0.15, 0.2) is 18.2 Å². The highest BCUT2D eigenvalue weighted by Gasteiger charge is 2.15. The Balaban J connectivity index is 2.00. The van der Waals surface area contributed by atoms with Gasteiger partial charge in [-0.25, -0.2) is 0 Å². The molecule has 0 radical (unpaired) electrons. The van der Waals surface area contributed by atoms with Crippen molar-refractivity contribution < 1.29 is 4.74 Å². The minimum absolute atomic E-state index is 0.577. The van der Waals surface area contributed by atoms with Crippen molar-refractivity contribution in [1.82, 2.24) is 5.32 Å². The summed E-state index contributed by atoms with van der Waals surface area (Å²) in [5.74, 6) is 1.29. The summed E-state index contributed by atoms with van der Waals surface area (Å²) < 4.78 is 5.70. The first-order chi connectivity index (χ1) is 7.79. The molecular formula is C13H16N2O. The van der Waals surface area contributed by atoms with Gasteiger partial charge in [0.05, 0.1) is 12.2 Å². The van der Waals surface area contributed by atoms with Crippen LogP contribution in [0.5, 0.6) is 5.75 Å². The fourth-order valence-corrected chi connectivity index (χ4v) is 1.92. The molecule has 1 aromatic carbocycles. The number of aryl methyl sites for hydroxylation is 1. The van der Waals surface area contributed by atoms with Crippen LogP contribution in [0.25, 0.3) is 0 Å². The molecule has 2 rings (SSSR count). The van der Waals surface area contributed by atoms with E-state index in [1.807, 2.05) is 25.1 Å². The molecule has 1 fully saturated rings. The van der Waals surface area contributed by atoms with Gasteiger partial charge < -0.3 is 10.1 Å². The van der Waals surface area contributed by atoms with Crippen molar-refractivity contribution in [2.45, 2.75) is 13.3 Å². The van der Waals surface area contributed by atoms with Gasteiger partial charge in [-0.15, -0.1) is 0 Å². The first-order valence-electron chi connectivity index (χ1n) is 5.64. The zero-order chi connectivity index (χ0) is 11.4. The molecule has 0 saturated carbocycles. The Labute approximate surface area is 96.0 Å². The van der Waals surface area contributed by atoms with E-state index in [1.54, 1.807) is 0 Å². The number of rotatable bonds is 3. The van der Waals surface area contributed by atoms with E-state index in [0.29, 0.717) is 23.8 Å². The van der Waals surface area contributed by atoms with Crippen molar-refractivity contribution in [3.63, 3.8) is 0 Å². The lowest BCUT2D eigenvalue weighted by Gasteiger charge is -2.12. The molecule has 0 amide bonds. The molecule has 1 aliphatic heterocycles. The summed E-state index contributed by atoms with van der Waals surface area (Å²) in [5, 5.41) is 12.3. The van der Waals surface area contributed by atoms with E-state index in [4.69, 9.17) is 10.00 Å². The van der Waals surface area contributed by atoms with E-state index < -0.39 is 0 Å². The van der Waals surface area contributed by atoms with Gasteiger partial charge in [0.2, 0.25) is 0 Å². The highest BCUT2D eigenvalue weighted by molar-refractivity contribution is 5.45. The fourth-order valence-electron chi connectivity index (χ4n) is 1.92. The highest BCUT2D eigenvalue weighted by atomic mass is 16.5. The average molecular weight is 216 g/mol. The third kappa shape index (κ3) is 2.53. The third-order valence-corrected chi connectivity index (χ3v) is 2.89. The molecule has 0 aliphatic carbocycles. The molecule has 16 heavy (non-hydrogen) atoms. The van der Waals surface area contributed by atoms with Crippen LogP contribution in [0, 0.1) is 24.2 Å². The van der Waals surface area contributed by atoms with Crippen LogP contribution in [0.4, 0.5) is 0 Å². The van der Waals surface area contributed by atoms with Crippen LogP contribution in [-0.4, -0.2) is 19.7 Å². The van der Waals surface area contributed by atoms with E-state index in [0.717, 1.165) is 25.1 Å². The van der Waals surface area contributed by atoms with Gasteiger partial charge in [-0.3, -0.25) is 0 Å². The number of nitriles is 1. The predicted molar refractivity (Wildman–Crippen MR) is 62.4 cm³/mol. The lowest BCUT2D eigenvalue weighted by molar-refractivity contribution is 0.259. The number of hydrogen-bond donors (Lipinski definition) is 1. The van der Waals surface area contributed by atoms with Crippen LogP contribution in [-0.2, 0) is 0 Å². The Kier molecular flexibility index (Phi) is 3.43. The van der Waals surface area contributed by atoms with Crippen LogP contribution in [0.3, 0.4) is 0 Å². The Hall–Kier alpha value is -1.53.